The van der Waals surface area contributed by atoms with Gasteiger partial charge in [0.1, 0.15) is 0 Å². The molecule has 5 heteroatoms. The van der Waals surface area contributed by atoms with Crippen LogP contribution in [0.3, 0.4) is 0 Å². The van der Waals surface area contributed by atoms with Crippen LogP contribution in [0.5, 0.6) is 17.4 Å². The third kappa shape index (κ3) is 5.68. The number of aromatic nitrogens is 2. The van der Waals surface area contributed by atoms with Gasteiger partial charge in [-0.2, -0.15) is 0 Å². The summed E-state index contributed by atoms with van der Waals surface area (Å²) in [6.45, 7) is 0. The molecule has 0 atom stereocenters. The summed E-state index contributed by atoms with van der Waals surface area (Å²) in [5, 5.41) is 15.5. The van der Waals surface area contributed by atoms with Gasteiger partial charge < -0.3 is 9.84 Å². The zero-order chi connectivity index (χ0) is 33.9. The van der Waals surface area contributed by atoms with E-state index in [4.69, 9.17) is 9.72 Å². The number of nitrogens with zero attached hydrogens (tertiary/aromatic N) is 2. The van der Waals surface area contributed by atoms with E-state index in [1.807, 2.05) is 48.5 Å². The van der Waals surface area contributed by atoms with E-state index in [0.29, 0.717) is 11.6 Å². The molecule has 4 nitrogen and oxygen atoms in total. The van der Waals surface area contributed by atoms with Gasteiger partial charge in [-0.15, -0.1) is 23.8 Å². The summed E-state index contributed by atoms with van der Waals surface area (Å²) >= 11 is 0. The average Bonchev–Trinajstić information content (AvgIpc) is 3.71. The van der Waals surface area contributed by atoms with E-state index in [-0.39, 0.29) is 32.2 Å². The van der Waals surface area contributed by atoms with Crippen LogP contribution < -0.4 is 4.74 Å². The first-order chi connectivity index (χ1) is 25.1. The molecule has 0 unspecified atom stereocenters. The van der Waals surface area contributed by atoms with Crippen LogP contribution in [0.2, 0.25) is 0 Å². The summed E-state index contributed by atoms with van der Waals surface area (Å²) in [5.41, 5.74) is 11.1. The number of hydrogen-bond donors (Lipinski definition) is 1. The van der Waals surface area contributed by atoms with Gasteiger partial charge in [0.05, 0.1) is 17.1 Å². The van der Waals surface area contributed by atoms with Crippen LogP contribution in [-0.2, 0) is 46.7 Å². The Labute approximate surface area is 317 Å². The number of aromatic hydroxyl groups is 1. The molecule has 10 rings (SSSR count). The van der Waals surface area contributed by atoms with Crippen molar-refractivity contribution in [3.63, 3.8) is 0 Å². The SMILES string of the molecule is Oc1cc2c(cc1-c1[c-]c(Oc3nc(-c4ccccn4)cc4c3ccc3cc(-c5ccccc5)ccc34)ccc1)CC1(Cc3ccccc3C1)C2.[Pt]. The molecule has 2 aliphatic rings. The number of phenols is 1. The van der Waals surface area contributed by atoms with Crippen LogP contribution in [-0.4, -0.2) is 15.1 Å². The minimum atomic E-state index is 0. The quantitative estimate of drug-likeness (QED) is 0.138. The van der Waals surface area contributed by atoms with Gasteiger partial charge in [0, 0.05) is 38.4 Å². The molecule has 6 aromatic carbocycles. The molecule has 1 N–H and O–H groups in total. The number of pyridine rings is 2. The van der Waals surface area contributed by atoms with Crippen LogP contribution in [0.4, 0.5) is 0 Å². The molecule has 0 radical (unpaired) electrons. The number of benzene rings is 6. The monoisotopic (exact) mass is 852 g/mol. The standard InChI is InChI=1S/C47H33N2O2.Pt/c50-45-24-37-29-47(26-34-11-4-5-12-35(34)27-47)28-36(37)23-41(45)32-13-8-14-38(22-32)51-46-40-19-17-33-21-31(30-9-2-1-3-10-30)16-18-39(33)42(40)25-44(49-46)43-15-6-7-20-48-43;/h1-21,23-25,50H,26-29H2;/q-1;. The largest absolute Gasteiger partial charge is 0.517 e. The third-order valence-corrected chi connectivity index (χ3v) is 10.8. The molecule has 0 bridgehead atoms. The molecule has 0 fully saturated rings. The first kappa shape index (κ1) is 32.3. The first-order valence-corrected chi connectivity index (χ1v) is 17.5. The van der Waals surface area contributed by atoms with Gasteiger partial charge in [-0.05, 0) is 111 Å². The van der Waals surface area contributed by atoms with Gasteiger partial charge >= 0.3 is 0 Å². The van der Waals surface area contributed by atoms with Crippen molar-refractivity contribution < 1.29 is 30.9 Å². The fourth-order valence-electron chi connectivity index (χ4n) is 8.45. The molecular weight excluding hydrogens is 820 g/mol. The maximum Gasteiger partial charge on any atom is 0.225 e. The Morgan fingerprint density at radius 1 is 0.577 bits per heavy atom. The zero-order valence-electron chi connectivity index (χ0n) is 28.3. The molecule has 2 heterocycles. The predicted molar refractivity (Wildman–Crippen MR) is 204 cm³/mol. The fraction of sp³-hybridized carbons (Fsp3) is 0.106. The zero-order valence-corrected chi connectivity index (χ0v) is 30.5. The van der Waals surface area contributed by atoms with E-state index in [2.05, 4.69) is 102 Å². The van der Waals surface area contributed by atoms with Crippen LogP contribution in [0.15, 0.2) is 146 Å². The van der Waals surface area contributed by atoms with Crippen molar-refractivity contribution in [3.8, 4) is 51.0 Å². The van der Waals surface area contributed by atoms with Crippen LogP contribution >= 0.6 is 0 Å². The second kappa shape index (κ2) is 12.9. The van der Waals surface area contributed by atoms with E-state index >= 15 is 0 Å². The molecule has 1 spiro atoms. The Balaban J connectivity index is 0.00000360. The Hall–Kier alpha value is -5.57. The first-order valence-electron chi connectivity index (χ1n) is 17.5. The maximum atomic E-state index is 11.3. The van der Waals surface area contributed by atoms with E-state index < -0.39 is 0 Å². The van der Waals surface area contributed by atoms with Crippen molar-refractivity contribution in [1.29, 1.82) is 0 Å². The van der Waals surface area contributed by atoms with Crippen LogP contribution in [0.25, 0.3) is 55.2 Å². The molecular formula is C47H33N2O2Pt-. The Morgan fingerprint density at radius 2 is 1.31 bits per heavy atom. The fourth-order valence-corrected chi connectivity index (χ4v) is 8.45. The smallest absolute Gasteiger partial charge is 0.225 e. The minimum absolute atomic E-state index is 0. The van der Waals surface area contributed by atoms with Crippen molar-refractivity contribution in [1.82, 2.24) is 9.97 Å². The average molecular weight is 853 g/mol. The van der Waals surface area contributed by atoms with Crippen molar-refractivity contribution in [2.24, 2.45) is 5.41 Å². The molecule has 2 aliphatic carbocycles. The third-order valence-electron chi connectivity index (χ3n) is 10.8. The van der Waals surface area contributed by atoms with E-state index in [0.717, 1.165) is 69.7 Å². The van der Waals surface area contributed by atoms with E-state index in [9.17, 15) is 5.11 Å². The van der Waals surface area contributed by atoms with Gasteiger partial charge in [-0.1, -0.05) is 102 Å². The van der Waals surface area contributed by atoms with Gasteiger partial charge in [0.25, 0.3) is 0 Å². The number of fused-ring (bicyclic) bond motifs is 5. The van der Waals surface area contributed by atoms with Gasteiger partial charge in [-0.3, -0.25) is 4.98 Å². The van der Waals surface area contributed by atoms with Crippen molar-refractivity contribution >= 4 is 21.5 Å². The van der Waals surface area contributed by atoms with Gasteiger partial charge in [-0.25, -0.2) is 4.98 Å². The van der Waals surface area contributed by atoms with Crippen molar-refractivity contribution in [2.75, 3.05) is 0 Å². The molecule has 0 amide bonds. The summed E-state index contributed by atoms with van der Waals surface area (Å²) in [6.07, 6.45) is 5.96. The number of rotatable bonds is 5. The molecule has 0 aliphatic heterocycles. The van der Waals surface area contributed by atoms with Crippen LogP contribution in [0.1, 0.15) is 22.3 Å². The summed E-state index contributed by atoms with van der Waals surface area (Å²) < 4.78 is 6.63. The van der Waals surface area contributed by atoms with Gasteiger partial charge in [0.15, 0.2) is 0 Å². The summed E-state index contributed by atoms with van der Waals surface area (Å²) in [4.78, 5) is 9.62. The number of ether oxygens (including phenoxy) is 1. The molecule has 2 aromatic heterocycles. The molecule has 0 saturated carbocycles. The molecule has 254 valence electrons. The van der Waals surface area contributed by atoms with Gasteiger partial charge in [0.2, 0.25) is 5.88 Å². The van der Waals surface area contributed by atoms with E-state index in [1.54, 1.807) is 6.20 Å². The maximum absolute atomic E-state index is 11.3. The molecule has 8 aromatic rings. The topological polar surface area (TPSA) is 55.2 Å². The van der Waals surface area contributed by atoms with Crippen molar-refractivity contribution in [2.45, 2.75) is 25.7 Å². The molecule has 52 heavy (non-hydrogen) atoms. The number of phenolic OH excluding ortho intramolecular Hbond substituents is 1. The Kier molecular flexibility index (Phi) is 8.01. The Morgan fingerprint density at radius 3 is 2.10 bits per heavy atom. The minimum Gasteiger partial charge on any atom is -0.517 e. The summed E-state index contributed by atoms with van der Waals surface area (Å²) in [7, 11) is 0. The molecule has 0 saturated heterocycles. The Bertz CT molecular complexity index is 2610. The second-order valence-corrected chi connectivity index (χ2v) is 14.1. The normalized spacial score (nSPS) is 13.9. The second-order valence-electron chi connectivity index (χ2n) is 14.1. The van der Waals surface area contributed by atoms with E-state index in [1.165, 1.54) is 33.4 Å². The predicted octanol–water partition coefficient (Wildman–Crippen LogP) is 11.0. The summed E-state index contributed by atoms with van der Waals surface area (Å²) in [5.74, 6) is 1.29. The summed E-state index contributed by atoms with van der Waals surface area (Å²) in [6, 6.07) is 51.5. The van der Waals surface area contributed by atoms with Crippen LogP contribution in [0, 0.1) is 11.5 Å². The van der Waals surface area contributed by atoms with Crippen molar-refractivity contribution in [3.05, 3.63) is 174 Å². The number of hydrogen-bond acceptors (Lipinski definition) is 4.